The second kappa shape index (κ2) is 6.75. The Bertz CT molecular complexity index is 217. The normalized spacial score (nSPS) is 31.4. The van der Waals surface area contributed by atoms with E-state index in [1.165, 1.54) is 64.5 Å². The minimum atomic E-state index is 0.690. The number of unbranched alkanes of at least 4 members (excludes halogenated alkanes) is 1. The van der Waals surface area contributed by atoms with Gasteiger partial charge in [0.05, 0.1) is 0 Å². The fourth-order valence-electron chi connectivity index (χ4n) is 3.74. The van der Waals surface area contributed by atoms with Gasteiger partial charge in [0.25, 0.3) is 0 Å². The number of likely N-dealkylation sites (tertiary alicyclic amines) is 1. The first-order valence-corrected chi connectivity index (χ1v) is 7.72. The van der Waals surface area contributed by atoms with Gasteiger partial charge in [0, 0.05) is 12.1 Å². The first kappa shape index (κ1) is 13.4. The van der Waals surface area contributed by atoms with Crippen LogP contribution in [0.4, 0.5) is 0 Å². The van der Waals surface area contributed by atoms with Crippen LogP contribution < -0.4 is 5.32 Å². The van der Waals surface area contributed by atoms with E-state index in [0.29, 0.717) is 6.04 Å². The van der Waals surface area contributed by atoms with Gasteiger partial charge in [-0.25, -0.2) is 0 Å². The van der Waals surface area contributed by atoms with Gasteiger partial charge in [0.2, 0.25) is 0 Å². The lowest BCUT2D eigenvalue weighted by Crippen LogP contribution is -2.42. The zero-order valence-corrected chi connectivity index (χ0v) is 11.8. The largest absolute Gasteiger partial charge is 0.317 e. The first-order valence-electron chi connectivity index (χ1n) is 7.72. The zero-order valence-electron chi connectivity index (χ0n) is 11.8. The van der Waals surface area contributed by atoms with E-state index in [1.54, 1.807) is 0 Å². The molecule has 2 nitrogen and oxygen atoms in total. The molecule has 17 heavy (non-hydrogen) atoms. The van der Waals surface area contributed by atoms with Crippen molar-refractivity contribution in [1.29, 1.82) is 0 Å². The Morgan fingerprint density at radius 2 is 2.00 bits per heavy atom. The van der Waals surface area contributed by atoms with E-state index < -0.39 is 0 Å². The highest BCUT2D eigenvalue weighted by atomic mass is 15.2. The number of fused-ring (bicyclic) bond motifs is 1. The van der Waals surface area contributed by atoms with Crippen molar-refractivity contribution in [3.05, 3.63) is 0 Å². The van der Waals surface area contributed by atoms with Crippen molar-refractivity contribution in [3.63, 3.8) is 0 Å². The summed E-state index contributed by atoms with van der Waals surface area (Å²) in [6.45, 7) is 5.02. The number of piperidine rings is 1. The predicted octanol–water partition coefficient (Wildman–Crippen LogP) is 3.03. The van der Waals surface area contributed by atoms with Gasteiger partial charge in [-0.15, -0.1) is 0 Å². The van der Waals surface area contributed by atoms with Crippen LogP contribution in [-0.2, 0) is 0 Å². The van der Waals surface area contributed by atoms with Gasteiger partial charge in [-0.1, -0.05) is 12.8 Å². The Kier molecular flexibility index (Phi) is 5.30. The monoisotopic (exact) mass is 238 g/mol. The summed E-state index contributed by atoms with van der Waals surface area (Å²) in [5.41, 5.74) is 0. The fourth-order valence-corrected chi connectivity index (χ4v) is 3.74. The SMILES string of the molecule is CNC(C)CCCCN1CCCC2CCCC21. The Hall–Kier alpha value is -0.0800. The molecule has 0 aromatic carbocycles. The van der Waals surface area contributed by atoms with E-state index in [0.717, 1.165) is 12.0 Å². The van der Waals surface area contributed by atoms with Crippen LogP contribution in [0, 0.1) is 5.92 Å². The number of nitrogens with one attached hydrogen (secondary N) is 1. The number of hydrogen-bond acceptors (Lipinski definition) is 2. The van der Waals surface area contributed by atoms with Crippen molar-refractivity contribution in [2.75, 3.05) is 20.1 Å². The molecule has 2 fully saturated rings. The number of hydrogen-bond donors (Lipinski definition) is 1. The van der Waals surface area contributed by atoms with E-state index in [-0.39, 0.29) is 0 Å². The topological polar surface area (TPSA) is 15.3 Å². The summed E-state index contributed by atoms with van der Waals surface area (Å²) < 4.78 is 0. The number of nitrogens with zero attached hydrogens (tertiary/aromatic N) is 1. The molecule has 0 radical (unpaired) electrons. The standard InChI is InChI=1S/C15H30N2/c1-13(16-2)7-3-4-11-17-12-6-9-14-8-5-10-15(14)17/h13-16H,3-12H2,1-2H3. The van der Waals surface area contributed by atoms with Crippen LogP contribution in [0.5, 0.6) is 0 Å². The molecule has 1 N–H and O–H groups in total. The van der Waals surface area contributed by atoms with Gasteiger partial charge in [0.1, 0.15) is 0 Å². The van der Waals surface area contributed by atoms with Crippen LogP contribution in [0.25, 0.3) is 0 Å². The van der Waals surface area contributed by atoms with Crippen LogP contribution in [0.3, 0.4) is 0 Å². The summed E-state index contributed by atoms with van der Waals surface area (Å²) in [6.07, 6.45) is 11.6. The highest BCUT2D eigenvalue weighted by Gasteiger charge is 2.34. The quantitative estimate of drug-likeness (QED) is 0.716. The van der Waals surface area contributed by atoms with Crippen molar-refractivity contribution < 1.29 is 0 Å². The van der Waals surface area contributed by atoms with Crippen LogP contribution in [0.1, 0.15) is 58.3 Å². The average molecular weight is 238 g/mol. The fraction of sp³-hybridized carbons (Fsp3) is 1.00. The smallest absolute Gasteiger partial charge is 0.0123 e. The van der Waals surface area contributed by atoms with Gasteiger partial charge < -0.3 is 10.2 Å². The minimum Gasteiger partial charge on any atom is -0.317 e. The van der Waals surface area contributed by atoms with Gasteiger partial charge in [-0.2, -0.15) is 0 Å². The van der Waals surface area contributed by atoms with Crippen LogP contribution in [-0.4, -0.2) is 37.1 Å². The van der Waals surface area contributed by atoms with E-state index in [9.17, 15) is 0 Å². The summed E-state index contributed by atoms with van der Waals surface area (Å²) in [5.74, 6) is 1.06. The molecule has 1 saturated carbocycles. The van der Waals surface area contributed by atoms with E-state index in [1.807, 2.05) is 0 Å². The molecule has 3 unspecified atom stereocenters. The molecule has 2 rings (SSSR count). The summed E-state index contributed by atoms with van der Waals surface area (Å²) in [4.78, 5) is 2.81. The lowest BCUT2D eigenvalue weighted by molar-refractivity contribution is 0.111. The molecule has 1 aliphatic heterocycles. The summed E-state index contributed by atoms with van der Waals surface area (Å²) >= 11 is 0. The highest BCUT2D eigenvalue weighted by Crippen LogP contribution is 2.36. The van der Waals surface area contributed by atoms with Gasteiger partial charge in [-0.3, -0.25) is 0 Å². The third kappa shape index (κ3) is 3.69. The Balaban J connectivity index is 1.64. The summed E-state index contributed by atoms with van der Waals surface area (Å²) in [7, 11) is 2.07. The second-order valence-corrected chi connectivity index (χ2v) is 6.12. The molecule has 100 valence electrons. The maximum Gasteiger partial charge on any atom is 0.0123 e. The van der Waals surface area contributed by atoms with Crippen molar-refractivity contribution >= 4 is 0 Å². The molecule has 1 heterocycles. The predicted molar refractivity (Wildman–Crippen MR) is 74.3 cm³/mol. The lowest BCUT2D eigenvalue weighted by atomic mass is 9.92. The lowest BCUT2D eigenvalue weighted by Gasteiger charge is -2.37. The molecular formula is C15H30N2. The van der Waals surface area contributed by atoms with Crippen molar-refractivity contribution in [3.8, 4) is 0 Å². The molecule has 2 heteroatoms. The molecule has 1 saturated heterocycles. The first-order chi connectivity index (χ1) is 8.31. The van der Waals surface area contributed by atoms with Crippen LogP contribution in [0.15, 0.2) is 0 Å². The second-order valence-electron chi connectivity index (χ2n) is 6.12. The highest BCUT2D eigenvalue weighted by molar-refractivity contribution is 4.88. The molecule has 1 aliphatic carbocycles. The van der Waals surface area contributed by atoms with Crippen molar-refractivity contribution in [2.45, 2.75) is 70.4 Å². The molecule has 0 spiro atoms. The Morgan fingerprint density at radius 1 is 1.18 bits per heavy atom. The third-order valence-corrected chi connectivity index (χ3v) is 4.93. The van der Waals surface area contributed by atoms with E-state index in [4.69, 9.17) is 0 Å². The van der Waals surface area contributed by atoms with Gasteiger partial charge in [-0.05, 0) is 71.5 Å². The molecule has 0 aromatic rings. The van der Waals surface area contributed by atoms with Crippen molar-refractivity contribution in [2.24, 2.45) is 5.92 Å². The van der Waals surface area contributed by atoms with Crippen LogP contribution in [0.2, 0.25) is 0 Å². The van der Waals surface area contributed by atoms with Crippen molar-refractivity contribution in [1.82, 2.24) is 10.2 Å². The number of rotatable bonds is 6. The molecule has 0 aromatic heterocycles. The third-order valence-electron chi connectivity index (χ3n) is 4.93. The van der Waals surface area contributed by atoms with Gasteiger partial charge in [0.15, 0.2) is 0 Å². The molecule has 0 bridgehead atoms. The summed E-state index contributed by atoms with van der Waals surface area (Å²) in [5, 5.41) is 3.33. The minimum absolute atomic E-state index is 0.690. The van der Waals surface area contributed by atoms with Crippen LogP contribution >= 0.6 is 0 Å². The Morgan fingerprint density at radius 3 is 2.82 bits per heavy atom. The van der Waals surface area contributed by atoms with E-state index >= 15 is 0 Å². The van der Waals surface area contributed by atoms with E-state index in [2.05, 4.69) is 24.2 Å². The molecule has 0 amide bonds. The van der Waals surface area contributed by atoms with Gasteiger partial charge >= 0.3 is 0 Å². The molecular weight excluding hydrogens is 208 g/mol. The zero-order chi connectivity index (χ0) is 12.1. The molecule has 2 aliphatic rings. The maximum atomic E-state index is 3.33. The maximum absolute atomic E-state index is 3.33. The molecule has 3 atom stereocenters. The summed E-state index contributed by atoms with van der Waals surface area (Å²) in [6, 6.07) is 1.65. The Labute approximate surface area is 107 Å². The average Bonchev–Trinajstić information content (AvgIpc) is 2.83.